The highest BCUT2D eigenvalue weighted by Crippen LogP contribution is 2.19. The zero-order chi connectivity index (χ0) is 16.0. The summed E-state index contributed by atoms with van der Waals surface area (Å²) in [7, 11) is 0. The molecule has 122 valence electrons. The van der Waals surface area contributed by atoms with Gasteiger partial charge in [-0.1, -0.05) is 25.1 Å². The molecule has 2 N–H and O–H groups in total. The minimum atomic E-state index is -0.862. The van der Waals surface area contributed by atoms with Crippen molar-refractivity contribution in [3.63, 3.8) is 0 Å². The third-order valence-corrected chi connectivity index (χ3v) is 4.27. The second-order valence-electron chi connectivity index (χ2n) is 6.09. The van der Waals surface area contributed by atoms with Crippen LogP contribution < -0.4 is 5.32 Å². The van der Waals surface area contributed by atoms with Crippen molar-refractivity contribution < 1.29 is 19.0 Å². The molecule has 22 heavy (non-hydrogen) atoms. The van der Waals surface area contributed by atoms with E-state index in [4.69, 9.17) is 4.74 Å². The quantitative estimate of drug-likeness (QED) is 0.845. The van der Waals surface area contributed by atoms with E-state index in [1.54, 1.807) is 18.2 Å². The van der Waals surface area contributed by atoms with Gasteiger partial charge in [-0.3, -0.25) is 4.79 Å². The lowest BCUT2D eigenvalue weighted by Gasteiger charge is -2.32. The summed E-state index contributed by atoms with van der Waals surface area (Å²) in [5, 5.41) is 13.1. The van der Waals surface area contributed by atoms with Gasteiger partial charge in [-0.2, -0.15) is 0 Å². The van der Waals surface area contributed by atoms with Crippen LogP contribution in [0.25, 0.3) is 0 Å². The summed E-state index contributed by atoms with van der Waals surface area (Å²) in [4.78, 5) is 12.1. The van der Waals surface area contributed by atoms with Crippen LogP contribution in [0.4, 0.5) is 4.39 Å². The average Bonchev–Trinajstić information content (AvgIpc) is 2.52. The fourth-order valence-corrected chi connectivity index (χ4v) is 2.56. The standard InChI is InChI=1S/C17H24FNO3/c1-13(6-7-14-4-2-3-5-15(14)18)16(20)19-12-17(21)8-10-22-11-9-17/h2-5,13,21H,6-12H2,1H3,(H,19,20). The number of nitrogens with one attached hydrogen (secondary N) is 1. The predicted molar refractivity (Wildman–Crippen MR) is 81.9 cm³/mol. The molecule has 1 aliphatic rings. The van der Waals surface area contributed by atoms with Crippen molar-refractivity contribution in [2.45, 2.75) is 38.2 Å². The predicted octanol–water partition coefficient (Wildman–Crippen LogP) is 2.05. The first kappa shape index (κ1) is 16.9. The molecule has 1 fully saturated rings. The van der Waals surface area contributed by atoms with E-state index in [0.29, 0.717) is 44.5 Å². The average molecular weight is 309 g/mol. The number of amides is 1. The van der Waals surface area contributed by atoms with Gasteiger partial charge < -0.3 is 15.2 Å². The van der Waals surface area contributed by atoms with Crippen molar-refractivity contribution in [2.75, 3.05) is 19.8 Å². The first-order valence-electron chi connectivity index (χ1n) is 7.81. The molecule has 5 heteroatoms. The molecule has 1 aromatic carbocycles. The first-order chi connectivity index (χ1) is 10.5. The summed E-state index contributed by atoms with van der Waals surface area (Å²) in [6.45, 7) is 3.12. The lowest BCUT2D eigenvalue weighted by Crippen LogP contribution is -2.47. The molecule has 1 aromatic rings. The number of benzene rings is 1. The summed E-state index contributed by atoms with van der Waals surface area (Å²) in [5.74, 6) is -0.550. The zero-order valence-electron chi connectivity index (χ0n) is 13.0. The molecule has 1 heterocycles. The van der Waals surface area contributed by atoms with Crippen LogP contribution in [0.3, 0.4) is 0 Å². The molecule has 0 bridgehead atoms. The highest BCUT2D eigenvalue weighted by Gasteiger charge is 2.30. The third-order valence-electron chi connectivity index (χ3n) is 4.27. The van der Waals surface area contributed by atoms with E-state index < -0.39 is 5.60 Å². The van der Waals surface area contributed by atoms with E-state index >= 15 is 0 Å². The van der Waals surface area contributed by atoms with Crippen molar-refractivity contribution >= 4 is 5.91 Å². The summed E-state index contributed by atoms with van der Waals surface area (Å²) in [6.07, 6.45) is 2.18. The highest BCUT2D eigenvalue weighted by molar-refractivity contribution is 5.78. The largest absolute Gasteiger partial charge is 0.388 e. The molecule has 1 aliphatic heterocycles. The van der Waals surface area contributed by atoms with Crippen molar-refractivity contribution in [3.05, 3.63) is 35.6 Å². The van der Waals surface area contributed by atoms with Crippen LogP contribution in [0.2, 0.25) is 0 Å². The van der Waals surface area contributed by atoms with Gasteiger partial charge in [-0.25, -0.2) is 4.39 Å². The number of ether oxygens (including phenoxy) is 1. The maximum Gasteiger partial charge on any atom is 0.222 e. The molecule has 0 aromatic heterocycles. The van der Waals surface area contributed by atoms with Crippen molar-refractivity contribution in [3.8, 4) is 0 Å². The van der Waals surface area contributed by atoms with Gasteiger partial charge in [-0.15, -0.1) is 0 Å². The molecular formula is C17H24FNO3. The lowest BCUT2D eigenvalue weighted by molar-refractivity contribution is -0.127. The Morgan fingerprint density at radius 1 is 1.41 bits per heavy atom. The molecule has 4 nitrogen and oxygen atoms in total. The number of hydrogen-bond acceptors (Lipinski definition) is 3. The fraction of sp³-hybridized carbons (Fsp3) is 0.588. The number of carbonyl (C=O) groups is 1. The van der Waals surface area contributed by atoms with E-state index in [9.17, 15) is 14.3 Å². The Morgan fingerprint density at radius 3 is 2.77 bits per heavy atom. The normalized spacial score (nSPS) is 18.7. The zero-order valence-corrected chi connectivity index (χ0v) is 13.0. The Hall–Kier alpha value is -1.46. The molecule has 0 saturated carbocycles. The second-order valence-corrected chi connectivity index (χ2v) is 6.09. The maximum atomic E-state index is 13.5. The minimum Gasteiger partial charge on any atom is -0.388 e. The molecule has 2 rings (SSSR count). The van der Waals surface area contributed by atoms with Crippen LogP contribution in [0.1, 0.15) is 31.7 Å². The molecular weight excluding hydrogens is 285 g/mol. The van der Waals surface area contributed by atoms with Crippen LogP contribution in [0.15, 0.2) is 24.3 Å². The number of hydrogen-bond donors (Lipinski definition) is 2. The fourth-order valence-electron chi connectivity index (χ4n) is 2.56. The number of halogens is 1. The van der Waals surface area contributed by atoms with Gasteiger partial charge >= 0.3 is 0 Å². The van der Waals surface area contributed by atoms with Gasteiger partial charge in [0.1, 0.15) is 5.82 Å². The Balaban J connectivity index is 1.76. The van der Waals surface area contributed by atoms with Crippen LogP contribution in [-0.2, 0) is 16.0 Å². The van der Waals surface area contributed by atoms with Crippen molar-refractivity contribution in [1.82, 2.24) is 5.32 Å². The minimum absolute atomic E-state index is 0.101. The smallest absolute Gasteiger partial charge is 0.222 e. The van der Waals surface area contributed by atoms with Crippen LogP contribution >= 0.6 is 0 Å². The molecule has 0 radical (unpaired) electrons. The highest BCUT2D eigenvalue weighted by atomic mass is 19.1. The van der Waals surface area contributed by atoms with Crippen LogP contribution in [-0.4, -0.2) is 36.4 Å². The molecule has 1 saturated heterocycles. The monoisotopic (exact) mass is 309 g/mol. The Labute approximate surface area is 130 Å². The Morgan fingerprint density at radius 2 is 2.09 bits per heavy atom. The summed E-state index contributed by atoms with van der Waals surface area (Å²) >= 11 is 0. The van der Waals surface area contributed by atoms with Gasteiger partial charge in [-0.05, 0) is 24.5 Å². The van der Waals surface area contributed by atoms with E-state index in [2.05, 4.69) is 5.32 Å². The van der Waals surface area contributed by atoms with Crippen LogP contribution in [0.5, 0.6) is 0 Å². The maximum absolute atomic E-state index is 13.5. The molecule has 0 spiro atoms. The van der Waals surface area contributed by atoms with Crippen molar-refractivity contribution in [1.29, 1.82) is 0 Å². The van der Waals surface area contributed by atoms with Gasteiger partial charge in [0.05, 0.1) is 5.60 Å². The van der Waals surface area contributed by atoms with E-state index in [1.165, 1.54) is 6.07 Å². The topological polar surface area (TPSA) is 58.6 Å². The van der Waals surface area contributed by atoms with Gasteiger partial charge in [0.25, 0.3) is 0 Å². The summed E-state index contributed by atoms with van der Waals surface area (Å²) < 4.78 is 18.7. The van der Waals surface area contributed by atoms with E-state index in [-0.39, 0.29) is 24.2 Å². The number of carbonyl (C=O) groups excluding carboxylic acids is 1. The van der Waals surface area contributed by atoms with E-state index in [1.807, 2.05) is 6.92 Å². The SMILES string of the molecule is CC(CCc1ccccc1F)C(=O)NCC1(O)CCOCC1. The number of aliphatic hydroxyl groups is 1. The van der Waals surface area contributed by atoms with Crippen LogP contribution in [0, 0.1) is 11.7 Å². The van der Waals surface area contributed by atoms with Gasteiger partial charge in [0.15, 0.2) is 0 Å². The molecule has 0 aliphatic carbocycles. The third kappa shape index (κ3) is 4.78. The van der Waals surface area contributed by atoms with E-state index in [0.717, 1.165) is 0 Å². The number of rotatable bonds is 6. The number of aryl methyl sites for hydroxylation is 1. The molecule has 1 amide bonds. The second kappa shape index (κ2) is 7.70. The molecule has 1 unspecified atom stereocenters. The molecule has 1 atom stereocenters. The van der Waals surface area contributed by atoms with Gasteiger partial charge in [0, 0.05) is 38.5 Å². The summed E-state index contributed by atoms with van der Waals surface area (Å²) in [6, 6.07) is 6.62. The Kier molecular flexibility index (Phi) is 5.91. The first-order valence-corrected chi connectivity index (χ1v) is 7.81. The van der Waals surface area contributed by atoms with Crippen molar-refractivity contribution in [2.24, 2.45) is 5.92 Å². The Bertz CT molecular complexity index is 500. The van der Waals surface area contributed by atoms with Gasteiger partial charge in [0.2, 0.25) is 5.91 Å². The lowest BCUT2D eigenvalue weighted by atomic mass is 9.94. The summed E-state index contributed by atoms with van der Waals surface area (Å²) in [5.41, 5.74) is -0.232.